The highest BCUT2D eigenvalue weighted by Crippen LogP contribution is 2.15. The van der Waals surface area contributed by atoms with E-state index in [0.717, 1.165) is 10.4 Å². The summed E-state index contributed by atoms with van der Waals surface area (Å²) in [6.07, 6.45) is 1.75. The number of hydrogen-bond donors (Lipinski definition) is 2. The lowest BCUT2D eigenvalue weighted by atomic mass is 10.2. The van der Waals surface area contributed by atoms with Crippen LogP contribution in [-0.2, 0) is 17.9 Å². The molecule has 0 aliphatic rings. The standard InChI is InChI=1S/C14H18N4OS.ClH/c1-18(9-12-8-17-14(15)20-12)10-13(19)16-7-11-5-3-2-4-6-11;/h2-6,8H,7,9-10H2,1H3,(H2,15,17)(H,16,19);1H. The first kappa shape index (κ1) is 17.4. The molecule has 7 heteroatoms. The number of thiazole rings is 1. The van der Waals surface area contributed by atoms with E-state index in [0.29, 0.717) is 24.8 Å². The molecule has 1 heterocycles. The maximum absolute atomic E-state index is 11.8. The minimum atomic E-state index is 0. The Morgan fingerprint density at radius 3 is 2.71 bits per heavy atom. The molecule has 0 saturated carbocycles. The van der Waals surface area contributed by atoms with Crippen LogP contribution >= 0.6 is 23.7 Å². The van der Waals surface area contributed by atoms with Gasteiger partial charge in [0, 0.05) is 24.2 Å². The molecule has 1 aromatic carbocycles. The van der Waals surface area contributed by atoms with Crippen molar-refractivity contribution < 1.29 is 4.79 Å². The number of nitrogens with two attached hydrogens (primary N) is 1. The van der Waals surface area contributed by atoms with Crippen molar-refractivity contribution in [2.24, 2.45) is 0 Å². The Morgan fingerprint density at radius 1 is 1.38 bits per heavy atom. The minimum absolute atomic E-state index is 0. The zero-order valence-electron chi connectivity index (χ0n) is 11.8. The highest BCUT2D eigenvalue weighted by atomic mass is 35.5. The van der Waals surface area contributed by atoms with Crippen LogP contribution in [0.15, 0.2) is 36.5 Å². The van der Waals surface area contributed by atoms with Gasteiger partial charge in [0.15, 0.2) is 5.13 Å². The van der Waals surface area contributed by atoms with E-state index >= 15 is 0 Å². The molecule has 0 bridgehead atoms. The molecule has 0 saturated heterocycles. The van der Waals surface area contributed by atoms with Gasteiger partial charge < -0.3 is 11.1 Å². The van der Waals surface area contributed by atoms with Gasteiger partial charge in [-0.3, -0.25) is 9.69 Å². The van der Waals surface area contributed by atoms with Crippen LogP contribution in [0.1, 0.15) is 10.4 Å². The molecule has 1 aromatic heterocycles. The molecule has 0 fully saturated rings. The van der Waals surface area contributed by atoms with E-state index in [9.17, 15) is 4.79 Å². The first-order valence-corrected chi connectivity index (χ1v) is 7.14. The first-order chi connectivity index (χ1) is 9.63. The van der Waals surface area contributed by atoms with Crippen LogP contribution in [0.3, 0.4) is 0 Å². The predicted octanol–water partition coefficient (Wildman–Crippen LogP) is 1.90. The number of nitrogens with zero attached hydrogens (tertiary/aromatic N) is 2. The van der Waals surface area contributed by atoms with Crippen molar-refractivity contribution in [3.05, 3.63) is 47.0 Å². The second-order valence-corrected chi connectivity index (χ2v) is 5.75. The van der Waals surface area contributed by atoms with Crippen molar-refractivity contribution in [2.45, 2.75) is 13.1 Å². The quantitative estimate of drug-likeness (QED) is 0.850. The van der Waals surface area contributed by atoms with Gasteiger partial charge in [0.05, 0.1) is 6.54 Å². The lowest BCUT2D eigenvalue weighted by Crippen LogP contribution is -2.34. The molecular weight excluding hydrogens is 308 g/mol. The SMILES string of the molecule is CN(CC(=O)NCc1ccccc1)Cc1cnc(N)s1.Cl. The molecule has 1 amide bonds. The third-order valence-electron chi connectivity index (χ3n) is 2.74. The predicted molar refractivity (Wildman–Crippen MR) is 88.4 cm³/mol. The second kappa shape index (κ2) is 8.61. The van der Waals surface area contributed by atoms with Crippen molar-refractivity contribution in [2.75, 3.05) is 19.3 Å². The summed E-state index contributed by atoms with van der Waals surface area (Å²) in [5, 5.41) is 3.46. The van der Waals surface area contributed by atoms with Gasteiger partial charge in [-0.1, -0.05) is 30.3 Å². The normalized spacial score (nSPS) is 10.2. The van der Waals surface area contributed by atoms with E-state index in [2.05, 4.69) is 10.3 Å². The van der Waals surface area contributed by atoms with Gasteiger partial charge in [0.1, 0.15) is 0 Å². The largest absolute Gasteiger partial charge is 0.375 e. The fraction of sp³-hybridized carbons (Fsp3) is 0.286. The Morgan fingerprint density at radius 2 is 2.10 bits per heavy atom. The summed E-state index contributed by atoms with van der Waals surface area (Å²) >= 11 is 1.45. The molecule has 114 valence electrons. The molecule has 5 nitrogen and oxygen atoms in total. The summed E-state index contributed by atoms with van der Waals surface area (Å²) in [6, 6.07) is 9.86. The maximum atomic E-state index is 11.8. The second-order valence-electron chi connectivity index (χ2n) is 4.60. The molecule has 3 N–H and O–H groups in total. The van der Waals surface area contributed by atoms with Crippen molar-refractivity contribution >= 4 is 34.8 Å². The fourth-order valence-corrected chi connectivity index (χ4v) is 2.58. The van der Waals surface area contributed by atoms with Crippen LogP contribution in [0.2, 0.25) is 0 Å². The lowest BCUT2D eigenvalue weighted by molar-refractivity contribution is -0.122. The first-order valence-electron chi connectivity index (χ1n) is 6.33. The topological polar surface area (TPSA) is 71.2 Å². The molecule has 21 heavy (non-hydrogen) atoms. The molecule has 2 rings (SSSR count). The summed E-state index contributed by atoms with van der Waals surface area (Å²) in [6.45, 7) is 1.58. The van der Waals surface area contributed by atoms with Crippen LogP contribution in [0, 0.1) is 0 Å². The van der Waals surface area contributed by atoms with Gasteiger partial charge in [-0.2, -0.15) is 0 Å². The van der Waals surface area contributed by atoms with Gasteiger partial charge in [0.25, 0.3) is 0 Å². The number of carbonyl (C=O) groups is 1. The van der Waals surface area contributed by atoms with Crippen LogP contribution in [0.5, 0.6) is 0 Å². The molecule has 0 aliphatic heterocycles. The summed E-state index contributed by atoms with van der Waals surface area (Å²) in [5.74, 6) is 0.00819. The molecular formula is C14H19ClN4OS. The number of nitrogen functional groups attached to an aromatic ring is 1. The van der Waals surface area contributed by atoms with E-state index in [1.807, 2.05) is 42.3 Å². The van der Waals surface area contributed by atoms with E-state index in [1.165, 1.54) is 11.3 Å². The van der Waals surface area contributed by atoms with Crippen molar-refractivity contribution in [3.63, 3.8) is 0 Å². The zero-order valence-corrected chi connectivity index (χ0v) is 13.4. The van der Waals surface area contributed by atoms with Gasteiger partial charge in [0.2, 0.25) is 5.91 Å². The molecule has 2 aromatic rings. The highest BCUT2D eigenvalue weighted by Gasteiger charge is 2.08. The van der Waals surface area contributed by atoms with E-state index < -0.39 is 0 Å². The third-order valence-corrected chi connectivity index (χ3v) is 3.55. The highest BCUT2D eigenvalue weighted by molar-refractivity contribution is 7.15. The molecule has 0 radical (unpaired) electrons. The average Bonchev–Trinajstić information content (AvgIpc) is 2.83. The Hall–Kier alpha value is -1.63. The van der Waals surface area contributed by atoms with Crippen LogP contribution in [0.4, 0.5) is 5.13 Å². The Balaban J connectivity index is 0.00000220. The van der Waals surface area contributed by atoms with Crippen LogP contribution in [0.25, 0.3) is 0 Å². The lowest BCUT2D eigenvalue weighted by Gasteiger charge is -2.15. The number of halogens is 1. The average molecular weight is 327 g/mol. The van der Waals surface area contributed by atoms with Gasteiger partial charge in [-0.25, -0.2) is 4.98 Å². The Kier molecular flexibility index (Phi) is 7.14. The number of benzene rings is 1. The number of nitrogens with one attached hydrogen (secondary N) is 1. The Labute approximate surface area is 134 Å². The van der Waals surface area contributed by atoms with Gasteiger partial charge >= 0.3 is 0 Å². The van der Waals surface area contributed by atoms with E-state index in [1.54, 1.807) is 6.20 Å². The Bertz CT molecular complexity index is 561. The zero-order chi connectivity index (χ0) is 14.4. The van der Waals surface area contributed by atoms with Gasteiger partial charge in [-0.15, -0.1) is 23.7 Å². The van der Waals surface area contributed by atoms with Crippen LogP contribution < -0.4 is 11.1 Å². The summed E-state index contributed by atoms with van der Waals surface area (Å²) in [7, 11) is 1.90. The van der Waals surface area contributed by atoms with E-state index in [-0.39, 0.29) is 18.3 Å². The minimum Gasteiger partial charge on any atom is -0.375 e. The summed E-state index contributed by atoms with van der Waals surface area (Å²) in [4.78, 5) is 18.8. The molecule has 0 spiro atoms. The number of amides is 1. The van der Waals surface area contributed by atoms with Crippen molar-refractivity contribution in [3.8, 4) is 0 Å². The molecule has 0 aliphatic carbocycles. The molecule has 0 unspecified atom stereocenters. The van der Waals surface area contributed by atoms with Crippen LogP contribution in [-0.4, -0.2) is 29.4 Å². The number of hydrogen-bond acceptors (Lipinski definition) is 5. The third kappa shape index (κ3) is 6.12. The summed E-state index contributed by atoms with van der Waals surface area (Å²) < 4.78 is 0. The smallest absolute Gasteiger partial charge is 0.234 e. The van der Waals surface area contributed by atoms with Crippen molar-refractivity contribution in [1.29, 1.82) is 0 Å². The number of likely N-dealkylation sites (N-methyl/N-ethyl adjacent to an activating group) is 1. The number of aromatic nitrogens is 1. The summed E-state index contributed by atoms with van der Waals surface area (Å²) in [5.41, 5.74) is 6.67. The van der Waals surface area contributed by atoms with Gasteiger partial charge in [-0.05, 0) is 12.6 Å². The fourth-order valence-electron chi connectivity index (χ4n) is 1.82. The molecule has 0 atom stereocenters. The number of anilines is 1. The monoisotopic (exact) mass is 326 g/mol. The van der Waals surface area contributed by atoms with Crippen molar-refractivity contribution in [1.82, 2.24) is 15.2 Å². The van der Waals surface area contributed by atoms with E-state index in [4.69, 9.17) is 5.73 Å². The maximum Gasteiger partial charge on any atom is 0.234 e. The number of carbonyl (C=O) groups excluding carboxylic acids is 1. The number of rotatable bonds is 6.